The average molecular weight is 426 g/mol. The minimum atomic E-state index is -0.495. The molecule has 2 heterocycles. The minimum Gasteiger partial charge on any atom is -0.313 e. The Kier molecular flexibility index (Phi) is 6.90. The van der Waals surface area contributed by atoms with Gasteiger partial charge in [-0.3, -0.25) is 14.6 Å². The molecule has 30 heavy (non-hydrogen) atoms. The zero-order valence-corrected chi connectivity index (χ0v) is 17.5. The zero-order valence-electron chi connectivity index (χ0n) is 16.7. The van der Waals surface area contributed by atoms with Gasteiger partial charge in [0.2, 0.25) is 5.91 Å². The summed E-state index contributed by atoms with van der Waals surface area (Å²) in [4.78, 5) is 33.7. The number of carbonyl (C=O) groups excluding carboxylic acids is 2. The number of aromatic nitrogens is 2. The highest BCUT2D eigenvalue weighted by atomic mass is 35.5. The molecule has 0 aliphatic heterocycles. The van der Waals surface area contributed by atoms with Crippen LogP contribution in [0.4, 0.5) is 10.1 Å². The first-order valence-corrected chi connectivity index (χ1v) is 9.93. The van der Waals surface area contributed by atoms with Crippen LogP contribution in [0.25, 0.3) is 11.1 Å². The number of Topliss-reactive ketones (excluding diaryl/α,β-unsaturated/α-hetero) is 1. The van der Waals surface area contributed by atoms with Crippen molar-refractivity contribution in [1.82, 2.24) is 9.97 Å². The molecule has 1 amide bonds. The molecule has 5 nitrogen and oxygen atoms in total. The molecule has 0 unspecified atom stereocenters. The van der Waals surface area contributed by atoms with Gasteiger partial charge < -0.3 is 4.90 Å². The highest BCUT2D eigenvalue weighted by Crippen LogP contribution is 2.26. The van der Waals surface area contributed by atoms with E-state index in [1.165, 1.54) is 11.0 Å². The number of amides is 1. The first-order chi connectivity index (χ1) is 14.4. The van der Waals surface area contributed by atoms with Crippen LogP contribution >= 0.6 is 11.6 Å². The van der Waals surface area contributed by atoms with Gasteiger partial charge in [-0.1, -0.05) is 36.7 Å². The van der Waals surface area contributed by atoms with Crippen molar-refractivity contribution >= 4 is 29.0 Å². The summed E-state index contributed by atoms with van der Waals surface area (Å²) in [5.41, 5.74) is 2.66. The van der Waals surface area contributed by atoms with Gasteiger partial charge in [0, 0.05) is 37.8 Å². The topological polar surface area (TPSA) is 63.2 Å². The molecular formula is C23H21ClFN3O2. The van der Waals surface area contributed by atoms with Crippen LogP contribution in [0.3, 0.4) is 0 Å². The predicted octanol–water partition coefficient (Wildman–Crippen LogP) is 5.12. The van der Waals surface area contributed by atoms with Crippen molar-refractivity contribution in [3.8, 4) is 11.1 Å². The van der Waals surface area contributed by atoms with E-state index in [4.69, 9.17) is 11.6 Å². The highest BCUT2D eigenvalue weighted by Gasteiger charge is 2.15. The van der Waals surface area contributed by atoms with Gasteiger partial charge in [-0.05, 0) is 41.8 Å². The highest BCUT2D eigenvalue weighted by molar-refractivity contribution is 6.30. The smallest absolute Gasteiger partial charge is 0.226 e. The molecule has 0 radical (unpaired) electrons. The Morgan fingerprint density at radius 1 is 1.10 bits per heavy atom. The van der Waals surface area contributed by atoms with Gasteiger partial charge in [0.1, 0.15) is 16.7 Å². The zero-order chi connectivity index (χ0) is 21.7. The number of hydrogen-bond donors (Lipinski definition) is 0. The Hall–Kier alpha value is -3.12. The van der Waals surface area contributed by atoms with Crippen LogP contribution in [0.2, 0.25) is 5.15 Å². The molecule has 3 aromatic rings. The number of halogens is 2. The first kappa shape index (κ1) is 21.6. The Morgan fingerprint density at radius 2 is 1.87 bits per heavy atom. The monoisotopic (exact) mass is 425 g/mol. The number of nitrogens with zero attached hydrogens (tertiary/aromatic N) is 3. The second-order valence-electron chi connectivity index (χ2n) is 6.78. The second-order valence-corrected chi connectivity index (χ2v) is 7.14. The summed E-state index contributed by atoms with van der Waals surface area (Å²) >= 11 is 6.02. The maximum Gasteiger partial charge on any atom is 0.226 e. The van der Waals surface area contributed by atoms with Crippen molar-refractivity contribution in [2.45, 2.75) is 26.2 Å². The average Bonchev–Trinajstić information content (AvgIpc) is 2.77. The van der Waals surface area contributed by atoms with E-state index in [1.54, 1.807) is 56.7 Å². The largest absolute Gasteiger partial charge is 0.313 e. The van der Waals surface area contributed by atoms with E-state index in [0.717, 1.165) is 5.56 Å². The molecule has 0 fully saturated rings. The van der Waals surface area contributed by atoms with Gasteiger partial charge in [0.05, 0.1) is 5.69 Å². The van der Waals surface area contributed by atoms with Crippen LogP contribution < -0.4 is 4.90 Å². The lowest BCUT2D eigenvalue weighted by molar-refractivity contribution is -0.118. The molecule has 0 atom stereocenters. The lowest BCUT2D eigenvalue weighted by Gasteiger charge is -2.17. The van der Waals surface area contributed by atoms with Gasteiger partial charge in [0.25, 0.3) is 0 Å². The standard InChI is InChI=1S/C23H21ClFN3O2/c1-3-22(30)28(2)20-10-7-16(13-18(20)25)17-6-9-19(27-14-17)21(29)11-8-15-5-4-12-26-23(15)24/h4-7,9-10,12-14H,3,8,11H2,1-2H3. The van der Waals surface area contributed by atoms with Crippen LogP contribution in [-0.2, 0) is 11.2 Å². The van der Waals surface area contributed by atoms with Crippen molar-refractivity contribution in [2.24, 2.45) is 0 Å². The van der Waals surface area contributed by atoms with Gasteiger partial charge in [-0.25, -0.2) is 9.37 Å². The normalized spacial score (nSPS) is 10.7. The van der Waals surface area contributed by atoms with Crippen molar-refractivity contribution in [1.29, 1.82) is 0 Å². The lowest BCUT2D eigenvalue weighted by atomic mass is 10.0. The lowest BCUT2D eigenvalue weighted by Crippen LogP contribution is -2.25. The number of carbonyl (C=O) groups is 2. The van der Waals surface area contributed by atoms with Crippen LogP contribution in [0.1, 0.15) is 35.8 Å². The number of anilines is 1. The molecular weight excluding hydrogens is 405 g/mol. The summed E-state index contributed by atoms with van der Waals surface area (Å²) in [6, 6.07) is 11.6. The molecule has 1 aromatic carbocycles. The molecule has 0 aliphatic carbocycles. The van der Waals surface area contributed by atoms with Crippen LogP contribution in [0, 0.1) is 5.82 Å². The molecule has 0 N–H and O–H groups in total. The van der Waals surface area contributed by atoms with Gasteiger partial charge in [0.15, 0.2) is 5.78 Å². The summed E-state index contributed by atoms with van der Waals surface area (Å²) in [6.07, 6.45) is 4.18. The maximum atomic E-state index is 14.5. The number of benzene rings is 1. The molecule has 0 saturated carbocycles. The Balaban J connectivity index is 1.71. The van der Waals surface area contributed by atoms with Crippen LogP contribution in [-0.4, -0.2) is 28.7 Å². The van der Waals surface area contributed by atoms with Crippen molar-refractivity contribution in [3.63, 3.8) is 0 Å². The van der Waals surface area contributed by atoms with Gasteiger partial charge >= 0.3 is 0 Å². The van der Waals surface area contributed by atoms with Gasteiger partial charge in [-0.15, -0.1) is 0 Å². The molecule has 0 spiro atoms. The second kappa shape index (κ2) is 9.59. The molecule has 7 heteroatoms. The van der Waals surface area contributed by atoms with Crippen LogP contribution in [0.5, 0.6) is 0 Å². The first-order valence-electron chi connectivity index (χ1n) is 9.55. The number of rotatable bonds is 7. The van der Waals surface area contributed by atoms with Crippen molar-refractivity contribution in [3.05, 3.63) is 77.1 Å². The third kappa shape index (κ3) is 4.89. The molecule has 0 aliphatic rings. The van der Waals surface area contributed by atoms with Crippen molar-refractivity contribution in [2.75, 3.05) is 11.9 Å². The van der Waals surface area contributed by atoms with E-state index in [1.807, 2.05) is 6.07 Å². The fraction of sp³-hybridized carbons (Fsp3) is 0.217. The molecule has 2 aromatic heterocycles. The number of hydrogen-bond acceptors (Lipinski definition) is 4. The maximum absolute atomic E-state index is 14.5. The van der Waals surface area contributed by atoms with E-state index in [0.29, 0.717) is 34.8 Å². The molecule has 3 rings (SSSR count). The summed E-state index contributed by atoms with van der Waals surface area (Å²) in [5.74, 6) is -0.772. The van der Waals surface area contributed by atoms with E-state index in [-0.39, 0.29) is 23.8 Å². The Bertz CT molecular complexity index is 1070. The molecule has 0 bridgehead atoms. The van der Waals surface area contributed by atoms with Crippen LogP contribution in [0.15, 0.2) is 54.9 Å². The summed E-state index contributed by atoms with van der Waals surface area (Å²) in [6.45, 7) is 1.73. The third-order valence-electron chi connectivity index (χ3n) is 4.83. The van der Waals surface area contributed by atoms with E-state index < -0.39 is 5.82 Å². The predicted molar refractivity (Wildman–Crippen MR) is 115 cm³/mol. The fourth-order valence-corrected chi connectivity index (χ4v) is 3.26. The number of pyridine rings is 2. The van der Waals surface area contributed by atoms with E-state index in [2.05, 4.69) is 9.97 Å². The van der Waals surface area contributed by atoms with E-state index in [9.17, 15) is 14.0 Å². The minimum absolute atomic E-state index is 0.109. The van der Waals surface area contributed by atoms with Gasteiger partial charge in [-0.2, -0.15) is 0 Å². The SMILES string of the molecule is CCC(=O)N(C)c1ccc(-c2ccc(C(=O)CCc3cccnc3Cl)nc2)cc1F. The summed E-state index contributed by atoms with van der Waals surface area (Å²) < 4.78 is 14.5. The number of ketones is 1. The fourth-order valence-electron chi connectivity index (χ4n) is 3.04. The van der Waals surface area contributed by atoms with E-state index >= 15 is 0 Å². The Morgan fingerprint density at radius 3 is 2.50 bits per heavy atom. The number of aryl methyl sites for hydroxylation is 1. The summed E-state index contributed by atoms with van der Waals surface area (Å²) in [5, 5.41) is 0.394. The quantitative estimate of drug-likeness (QED) is 0.389. The van der Waals surface area contributed by atoms with Crippen molar-refractivity contribution < 1.29 is 14.0 Å². The third-order valence-corrected chi connectivity index (χ3v) is 5.17. The summed E-state index contributed by atoms with van der Waals surface area (Å²) in [7, 11) is 1.55. The Labute approximate surface area is 179 Å². The molecule has 154 valence electrons. The molecule has 0 saturated heterocycles.